The molecule has 1 aromatic heterocycles. The van der Waals surface area contributed by atoms with E-state index in [1.54, 1.807) is 0 Å². The molecule has 124 valence electrons. The van der Waals surface area contributed by atoms with Crippen molar-refractivity contribution in [3.05, 3.63) is 66.4 Å². The molecule has 3 aromatic rings. The largest absolute Gasteiger partial charge is 0.364 e. The van der Waals surface area contributed by atoms with Crippen LogP contribution in [0.1, 0.15) is 17.4 Å². The number of nitrogens with one attached hydrogen (secondary N) is 1. The zero-order chi connectivity index (χ0) is 17.8. The van der Waals surface area contributed by atoms with Crippen LogP contribution in [0.3, 0.4) is 0 Å². The highest BCUT2D eigenvalue weighted by molar-refractivity contribution is 6.01. The number of carbonyl (C=O) groups is 2. The Morgan fingerprint density at radius 3 is 1.76 bits per heavy atom. The lowest BCUT2D eigenvalue weighted by molar-refractivity contribution is -0.114. The number of anilines is 1. The zero-order valence-electron chi connectivity index (χ0n) is 13.6. The van der Waals surface area contributed by atoms with Gasteiger partial charge in [-0.1, -0.05) is 60.7 Å². The fraction of sp³-hybridized carbons (Fsp3) is 0.0526. The lowest BCUT2D eigenvalue weighted by Crippen LogP contribution is -2.20. The van der Waals surface area contributed by atoms with E-state index in [1.165, 1.54) is 6.92 Å². The highest BCUT2D eigenvalue weighted by atomic mass is 16.2. The summed E-state index contributed by atoms with van der Waals surface area (Å²) in [4.78, 5) is 32.2. The van der Waals surface area contributed by atoms with Crippen LogP contribution in [0, 0.1) is 0 Å². The summed E-state index contributed by atoms with van der Waals surface area (Å²) in [6, 6.07) is 18.8. The highest BCUT2D eigenvalue weighted by Gasteiger charge is 2.20. The van der Waals surface area contributed by atoms with Crippen molar-refractivity contribution in [2.75, 3.05) is 5.32 Å². The third-order valence-electron chi connectivity index (χ3n) is 3.52. The van der Waals surface area contributed by atoms with Gasteiger partial charge in [-0.25, -0.2) is 9.97 Å². The first kappa shape index (κ1) is 16.3. The summed E-state index contributed by atoms with van der Waals surface area (Å²) in [6.45, 7) is 1.33. The molecule has 0 saturated carbocycles. The standard InChI is InChI=1S/C19H16N4O2/c1-12(24)21-19-17(18(20)25)22-15(13-8-4-2-5-9-13)16(23-19)14-10-6-3-7-11-14/h2-11H,1H3,(H2,20,25)(H,21,23,24). The molecule has 0 aliphatic rings. The van der Waals surface area contributed by atoms with Gasteiger partial charge < -0.3 is 11.1 Å². The van der Waals surface area contributed by atoms with E-state index >= 15 is 0 Å². The van der Waals surface area contributed by atoms with E-state index < -0.39 is 5.91 Å². The Hall–Kier alpha value is -3.54. The molecule has 3 N–H and O–H groups in total. The molecule has 0 atom stereocenters. The minimum absolute atomic E-state index is 0.0542. The third-order valence-corrected chi connectivity index (χ3v) is 3.52. The van der Waals surface area contributed by atoms with E-state index in [1.807, 2.05) is 60.7 Å². The molecule has 6 heteroatoms. The van der Waals surface area contributed by atoms with Crippen LogP contribution < -0.4 is 11.1 Å². The molecule has 1 heterocycles. The first-order chi connectivity index (χ1) is 12.1. The number of nitrogens with zero attached hydrogens (tertiary/aromatic N) is 2. The predicted molar refractivity (Wildman–Crippen MR) is 95.7 cm³/mol. The van der Waals surface area contributed by atoms with E-state index in [0.29, 0.717) is 11.4 Å². The second kappa shape index (κ2) is 6.92. The Labute approximate surface area is 144 Å². The van der Waals surface area contributed by atoms with Gasteiger partial charge in [0.2, 0.25) is 5.91 Å². The Bertz CT molecular complexity index is 925. The molecule has 0 aliphatic heterocycles. The molecule has 2 amide bonds. The van der Waals surface area contributed by atoms with E-state index in [4.69, 9.17) is 5.73 Å². The Kier molecular flexibility index (Phi) is 4.52. The van der Waals surface area contributed by atoms with Gasteiger partial charge in [0.05, 0.1) is 11.4 Å². The van der Waals surface area contributed by atoms with E-state index in [9.17, 15) is 9.59 Å². The Morgan fingerprint density at radius 1 is 0.840 bits per heavy atom. The number of nitrogens with two attached hydrogens (primary N) is 1. The fourth-order valence-electron chi connectivity index (χ4n) is 2.46. The van der Waals surface area contributed by atoms with Crippen molar-refractivity contribution in [3.8, 4) is 22.5 Å². The van der Waals surface area contributed by atoms with Crippen LogP contribution in [0.2, 0.25) is 0 Å². The quantitative estimate of drug-likeness (QED) is 0.767. The fourth-order valence-corrected chi connectivity index (χ4v) is 2.46. The normalized spacial score (nSPS) is 10.3. The highest BCUT2D eigenvalue weighted by Crippen LogP contribution is 2.31. The van der Waals surface area contributed by atoms with Gasteiger partial charge in [0.25, 0.3) is 5.91 Å². The minimum atomic E-state index is -0.756. The minimum Gasteiger partial charge on any atom is -0.364 e. The zero-order valence-corrected chi connectivity index (χ0v) is 13.6. The number of carbonyl (C=O) groups excluding carboxylic acids is 2. The van der Waals surface area contributed by atoms with Gasteiger partial charge in [-0.05, 0) is 0 Å². The molecule has 3 rings (SSSR count). The van der Waals surface area contributed by atoms with Crippen LogP contribution in [0.5, 0.6) is 0 Å². The summed E-state index contributed by atoms with van der Waals surface area (Å²) in [5.41, 5.74) is 8.05. The first-order valence-electron chi connectivity index (χ1n) is 7.66. The summed E-state index contributed by atoms with van der Waals surface area (Å²) >= 11 is 0. The predicted octanol–water partition coefficient (Wildman–Crippen LogP) is 2.87. The number of amides is 2. The Balaban J connectivity index is 2.30. The van der Waals surface area contributed by atoms with Crippen molar-refractivity contribution in [1.82, 2.24) is 9.97 Å². The molecule has 0 spiro atoms. The number of hydrogen-bond donors (Lipinski definition) is 2. The molecule has 0 unspecified atom stereocenters. The number of hydrogen-bond acceptors (Lipinski definition) is 4. The summed E-state index contributed by atoms with van der Waals surface area (Å²) < 4.78 is 0. The Morgan fingerprint density at radius 2 is 1.32 bits per heavy atom. The molecule has 0 saturated heterocycles. The number of benzene rings is 2. The van der Waals surface area contributed by atoms with Crippen LogP contribution >= 0.6 is 0 Å². The summed E-state index contributed by atoms with van der Waals surface area (Å²) in [5, 5.41) is 2.53. The lowest BCUT2D eigenvalue weighted by Gasteiger charge is -2.13. The molecule has 0 aliphatic carbocycles. The summed E-state index contributed by atoms with van der Waals surface area (Å²) in [6.07, 6.45) is 0. The summed E-state index contributed by atoms with van der Waals surface area (Å²) in [7, 11) is 0. The SMILES string of the molecule is CC(=O)Nc1nc(-c2ccccc2)c(-c2ccccc2)nc1C(N)=O. The molecule has 6 nitrogen and oxygen atoms in total. The number of rotatable bonds is 4. The van der Waals surface area contributed by atoms with Crippen molar-refractivity contribution in [3.63, 3.8) is 0 Å². The van der Waals surface area contributed by atoms with Gasteiger partial charge in [-0.2, -0.15) is 0 Å². The van der Waals surface area contributed by atoms with Crippen LogP contribution in [-0.2, 0) is 4.79 Å². The first-order valence-corrected chi connectivity index (χ1v) is 7.66. The lowest BCUT2D eigenvalue weighted by atomic mass is 10.0. The second-order valence-electron chi connectivity index (χ2n) is 5.40. The second-order valence-corrected chi connectivity index (χ2v) is 5.40. The van der Waals surface area contributed by atoms with Gasteiger partial charge in [0.15, 0.2) is 11.5 Å². The smallest absolute Gasteiger partial charge is 0.271 e. The van der Waals surface area contributed by atoms with Crippen molar-refractivity contribution >= 4 is 17.6 Å². The molecular weight excluding hydrogens is 316 g/mol. The van der Waals surface area contributed by atoms with Crippen molar-refractivity contribution in [1.29, 1.82) is 0 Å². The van der Waals surface area contributed by atoms with Gasteiger partial charge in [0, 0.05) is 18.1 Å². The molecule has 0 radical (unpaired) electrons. The average molecular weight is 332 g/mol. The van der Waals surface area contributed by atoms with Crippen LogP contribution in [-0.4, -0.2) is 21.8 Å². The maximum atomic E-state index is 11.8. The maximum Gasteiger partial charge on any atom is 0.271 e. The van der Waals surface area contributed by atoms with Crippen molar-refractivity contribution in [2.45, 2.75) is 6.92 Å². The third kappa shape index (κ3) is 3.53. The monoisotopic (exact) mass is 332 g/mol. The maximum absolute atomic E-state index is 11.8. The van der Waals surface area contributed by atoms with Crippen LogP contribution in [0.4, 0.5) is 5.82 Å². The molecule has 25 heavy (non-hydrogen) atoms. The van der Waals surface area contributed by atoms with Crippen molar-refractivity contribution in [2.24, 2.45) is 5.73 Å². The molecule has 0 bridgehead atoms. The van der Waals surface area contributed by atoms with Crippen LogP contribution in [0.25, 0.3) is 22.5 Å². The number of primary amides is 1. The molecule has 2 aromatic carbocycles. The van der Waals surface area contributed by atoms with E-state index in [2.05, 4.69) is 15.3 Å². The van der Waals surface area contributed by atoms with Gasteiger partial charge in [-0.3, -0.25) is 9.59 Å². The average Bonchev–Trinajstić information content (AvgIpc) is 2.62. The summed E-state index contributed by atoms with van der Waals surface area (Å²) in [5.74, 6) is -1.06. The van der Waals surface area contributed by atoms with Gasteiger partial charge in [-0.15, -0.1) is 0 Å². The number of aromatic nitrogens is 2. The van der Waals surface area contributed by atoms with Gasteiger partial charge in [0.1, 0.15) is 0 Å². The topological polar surface area (TPSA) is 98.0 Å². The van der Waals surface area contributed by atoms with Crippen LogP contribution in [0.15, 0.2) is 60.7 Å². The van der Waals surface area contributed by atoms with E-state index in [0.717, 1.165) is 11.1 Å². The molecular formula is C19H16N4O2. The van der Waals surface area contributed by atoms with Gasteiger partial charge >= 0.3 is 0 Å². The molecule has 0 fully saturated rings. The van der Waals surface area contributed by atoms with E-state index in [-0.39, 0.29) is 17.4 Å². The van der Waals surface area contributed by atoms with Crippen molar-refractivity contribution < 1.29 is 9.59 Å².